The highest BCUT2D eigenvalue weighted by molar-refractivity contribution is 5.97. The summed E-state index contributed by atoms with van der Waals surface area (Å²) in [5.41, 5.74) is 1.56. The number of aromatic nitrogens is 1. The molecule has 0 unspecified atom stereocenters. The Kier molecular flexibility index (Phi) is 5.71. The molecule has 0 saturated carbocycles. The van der Waals surface area contributed by atoms with E-state index >= 15 is 0 Å². The molecule has 7 heteroatoms. The lowest BCUT2D eigenvalue weighted by Crippen LogP contribution is -3.11. The fourth-order valence-electron chi connectivity index (χ4n) is 3.23. The molecule has 27 heavy (non-hydrogen) atoms. The van der Waals surface area contributed by atoms with Gasteiger partial charge in [-0.1, -0.05) is 18.2 Å². The van der Waals surface area contributed by atoms with Gasteiger partial charge in [-0.2, -0.15) is 0 Å². The van der Waals surface area contributed by atoms with Crippen molar-refractivity contribution in [3.05, 3.63) is 47.9 Å². The minimum atomic E-state index is -0.495. The van der Waals surface area contributed by atoms with E-state index in [9.17, 15) is 9.90 Å². The molecular formula is C20H25N4O3+. The van der Waals surface area contributed by atoms with Crippen LogP contribution in [-0.4, -0.2) is 35.2 Å². The summed E-state index contributed by atoms with van der Waals surface area (Å²) in [4.78, 5) is 13.7. The van der Waals surface area contributed by atoms with Crippen LogP contribution in [0.1, 0.15) is 30.0 Å². The maximum Gasteiger partial charge on any atom is 0.298 e. The van der Waals surface area contributed by atoms with Crippen LogP contribution in [0.3, 0.4) is 0 Å². The van der Waals surface area contributed by atoms with Gasteiger partial charge in [0.15, 0.2) is 5.69 Å². The molecule has 0 fully saturated rings. The number of quaternary nitrogens is 1. The van der Waals surface area contributed by atoms with Crippen molar-refractivity contribution < 1.29 is 19.2 Å². The molecule has 2 aromatic heterocycles. The summed E-state index contributed by atoms with van der Waals surface area (Å²) in [6, 6.07) is 9.17. The van der Waals surface area contributed by atoms with Gasteiger partial charge < -0.3 is 19.0 Å². The van der Waals surface area contributed by atoms with Crippen LogP contribution in [0.4, 0.5) is 5.69 Å². The molecule has 0 bridgehead atoms. The first-order chi connectivity index (χ1) is 13.1. The zero-order chi connectivity index (χ0) is 19.4. The number of nitrogens with one attached hydrogen (secondary N) is 1. The molecule has 0 aliphatic rings. The normalized spacial score (nSPS) is 11.9. The first-order valence-corrected chi connectivity index (χ1v) is 9.20. The number of aromatic hydroxyl groups is 1. The van der Waals surface area contributed by atoms with Gasteiger partial charge in [-0.3, -0.25) is 4.79 Å². The van der Waals surface area contributed by atoms with Gasteiger partial charge in [0.25, 0.3) is 5.91 Å². The van der Waals surface area contributed by atoms with Crippen molar-refractivity contribution in [2.24, 2.45) is 10.2 Å². The van der Waals surface area contributed by atoms with Gasteiger partial charge in [-0.05, 0) is 32.9 Å². The third-order valence-corrected chi connectivity index (χ3v) is 4.94. The Morgan fingerprint density at radius 1 is 1.22 bits per heavy atom. The zero-order valence-electron chi connectivity index (χ0n) is 15.9. The quantitative estimate of drug-likeness (QED) is 0.628. The average molecular weight is 369 g/mol. The largest absolute Gasteiger partial charge is 0.493 e. The molecule has 0 saturated heterocycles. The van der Waals surface area contributed by atoms with Crippen molar-refractivity contribution >= 4 is 22.5 Å². The molecule has 0 aliphatic carbocycles. The van der Waals surface area contributed by atoms with E-state index < -0.39 is 5.91 Å². The summed E-state index contributed by atoms with van der Waals surface area (Å²) in [5, 5.41) is 19.4. The number of carbonyl (C=O) groups excluding carboxylic acids is 1. The predicted octanol–water partition coefficient (Wildman–Crippen LogP) is 3.10. The number of nitrogens with zero attached hydrogens (tertiary/aromatic N) is 3. The van der Waals surface area contributed by atoms with Gasteiger partial charge in [-0.15, -0.1) is 10.2 Å². The van der Waals surface area contributed by atoms with E-state index in [1.54, 1.807) is 13.0 Å². The van der Waals surface area contributed by atoms with Gasteiger partial charge in [0, 0.05) is 5.39 Å². The average Bonchev–Trinajstić information content (AvgIpc) is 3.22. The molecule has 0 spiro atoms. The minimum absolute atomic E-state index is 0.0308. The van der Waals surface area contributed by atoms with Crippen LogP contribution in [0.5, 0.6) is 5.88 Å². The smallest absolute Gasteiger partial charge is 0.298 e. The Balaban J connectivity index is 1.94. The number of carbonyl (C=O) groups is 1. The summed E-state index contributed by atoms with van der Waals surface area (Å²) in [7, 11) is 0. The van der Waals surface area contributed by atoms with Crippen LogP contribution in [0.15, 0.2) is 51.2 Å². The minimum Gasteiger partial charge on any atom is -0.493 e. The molecule has 3 rings (SSSR count). The zero-order valence-corrected chi connectivity index (χ0v) is 15.9. The van der Waals surface area contributed by atoms with E-state index in [1.165, 1.54) is 11.2 Å². The second-order valence-corrected chi connectivity index (χ2v) is 6.44. The highest BCUT2D eigenvalue weighted by Gasteiger charge is 2.18. The summed E-state index contributed by atoms with van der Waals surface area (Å²) >= 11 is 0. The summed E-state index contributed by atoms with van der Waals surface area (Å²) < 4.78 is 6.97. The van der Waals surface area contributed by atoms with Crippen LogP contribution < -0.4 is 4.90 Å². The van der Waals surface area contributed by atoms with E-state index in [0.717, 1.165) is 30.5 Å². The van der Waals surface area contributed by atoms with Gasteiger partial charge in [-0.25, -0.2) is 0 Å². The van der Waals surface area contributed by atoms with Crippen molar-refractivity contribution in [1.29, 1.82) is 0 Å². The van der Waals surface area contributed by atoms with Crippen molar-refractivity contribution in [1.82, 2.24) is 4.57 Å². The summed E-state index contributed by atoms with van der Waals surface area (Å²) in [6.07, 6.45) is 1.44. The van der Waals surface area contributed by atoms with Gasteiger partial charge in [0.2, 0.25) is 5.88 Å². The van der Waals surface area contributed by atoms with Crippen molar-refractivity contribution in [2.75, 3.05) is 19.6 Å². The number of azo groups is 1. The molecule has 3 aromatic rings. The van der Waals surface area contributed by atoms with Crippen molar-refractivity contribution in [3.8, 4) is 5.88 Å². The van der Waals surface area contributed by atoms with E-state index in [-0.39, 0.29) is 5.88 Å². The number of fused-ring (bicyclic) bond motifs is 1. The van der Waals surface area contributed by atoms with E-state index in [0.29, 0.717) is 23.6 Å². The number of para-hydroxylation sites is 1. The van der Waals surface area contributed by atoms with Crippen molar-refractivity contribution in [2.45, 2.75) is 27.3 Å². The third kappa shape index (κ3) is 3.78. The number of benzene rings is 1. The molecule has 1 amide bonds. The second kappa shape index (κ2) is 8.18. The fourth-order valence-corrected chi connectivity index (χ4v) is 3.23. The maximum absolute atomic E-state index is 12.2. The monoisotopic (exact) mass is 369 g/mol. The number of aryl methyl sites for hydroxylation is 1. The summed E-state index contributed by atoms with van der Waals surface area (Å²) in [5.74, 6) is 0.0288. The maximum atomic E-state index is 12.2. The number of likely N-dealkylation sites (N-methyl/N-ethyl adjacent to an activating group) is 1. The van der Waals surface area contributed by atoms with E-state index in [4.69, 9.17) is 4.42 Å². The molecule has 0 radical (unpaired) electrons. The Hall–Kier alpha value is -2.93. The topological polar surface area (TPSA) is 84.5 Å². The SMILES string of the molecule is CC[NH+](CC)CCn1c(O)c(N=NC(=O)c2ccoc2C)c2ccccc21. The second-order valence-electron chi connectivity index (χ2n) is 6.44. The molecule has 2 N–H and O–H groups in total. The standard InChI is InChI=1S/C20H24N4O3/c1-4-23(5-2)11-12-24-17-9-7-6-8-16(17)18(20(24)26)21-22-19(25)15-10-13-27-14(15)3/h6-10,13,26H,4-5,11-12H2,1-3H3/p+1. The molecule has 2 heterocycles. The molecular weight excluding hydrogens is 344 g/mol. The Morgan fingerprint density at radius 3 is 2.63 bits per heavy atom. The van der Waals surface area contributed by atoms with Crippen molar-refractivity contribution in [3.63, 3.8) is 0 Å². The Morgan fingerprint density at radius 2 is 1.96 bits per heavy atom. The lowest BCUT2D eigenvalue weighted by molar-refractivity contribution is -0.897. The van der Waals surface area contributed by atoms with Crippen LogP contribution in [-0.2, 0) is 6.54 Å². The highest BCUT2D eigenvalue weighted by atomic mass is 16.3. The van der Waals surface area contributed by atoms with Gasteiger partial charge in [0.1, 0.15) is 5.76 Å². The lowest BCUT2D eigenvalue weighted by Gasteiger charge is -2.16. The fraction of sp³-hybridized carbons (Fsp3) is 0.350. The van der Waals surface area contributed by atoms with Crippen LogP contribution >= 0.6 is 0 Å². The van der Waals surface area contributed by atoms with E-state index in [1.807, 2.05) is 28.8 Å². The van der Waals surface area contributed by atoms with Crippen LogP contribution in [0.25, 0.3) is 10.9 Å². The number of hydrogen-bond donors (Lipinski definition) is 2. The number of hydrogen-bond acceptors (Lipinski definition) is 4. The highest BCUT2D eigenvalue weighted by Crippen LogP contribution is 2.38. The number of rotatable bonds is 7. The molecule has 0 aliphatic heterocycles. The first-order valence-electron chi connectivity index (χ1n) is 9.20. The first kappa shape index (κ1) is 18.8. The Labute approximate surface area is 157 Å². The molecule has 142 valence electrons. The summed E-state index contributed by atoms with van der Waals surface area (Å²) in [6.45, 7) is 9.60. The van der Waals surface area contributed by atoms with E-state index in [2.05, 4.69) is 24.1 Å². The van der Waals surface area contributed by atoms with Gasteiger partial charge in [0.05, 0.1) is 43.5 Å². The molecule has 1 aromatic carbocycles. The third-order valence-electron chi connectivity index (χ3n) is 4.94. The van der Waals surface area contributed by atoms with Crippen LogP contribution in [0, 0.1) is 6.92 Å². The predicted molar refractivity (Wildman–Crippen MR) is 103 cm³/mol. The lowest BCUT2D eigenvalue weighted by atomic mass is 10.2. The number of furan rings is 1. The molecule has 7 nitrogen and oxygen atoms in total. The molecule has 0 atom stereocenters. The van der Waals surface area contributed by atoms with Gasteiger partial charge >= 0.3 is 0 Å². The Bertz CT molecular complexity index is 967. The number of amides is 1. The van der Waals surface area contributed by atoms with Crippen LogP contribution in [0.2, 0.25) is 0 Å².